The zero-order valence-electron chi connectivity index (χ0n) is 19.8. The Morgan fingerprint density at radius 2 is 1.72 bits per heavy atom. The summed E-state index contributed by atoms with van der Waals surface area (Å²) in [5.74, 6) is 0.0856. The molecule has 0 spiro atoms. The lowest BCUT2D eigenvalue weighted by Gasteiger charge is -2.33. The third kappa shape index (κ3) is 4.70. The van der Waals surface area contributed by atoms with Gasteiger partial charge in [-0.2, -0.15) is 0 Å². The van der Waals surface area contributed by atoms with Crippen molar-refractivity contribution in [2.24, 2.45) is 0 Å². The Hall–Kier alpha value is -4.11. The Morgan fingerprint density at radius 3 is 2.39 bits per heavy atom. The molecule has 0 radical (unpaired) electrons. The van der Waals surface area contributed by atoms with Crippen LogP contribution in [-0.2, 0) is 16.0 Å². The maximum Gasteiger partial charge on any atom is 0.337 e. The molecule has 8 nitrogen and oxygen atoms in total. The van der Waals surface area contributed by atoms with Crippen LogP contribution < -0.4 is 10.7 Å². The van der Waals surface area contributed by atoms with E-state index < -0.39 is 17.3 Å². The smallest absolute Gasteiger partial charge is 0.337 e. The van der Waals surface area contributed by atoms with Crippen LogP contribution in [0, 0.1) is 0 Å². The average molecular weight is 500 g/mol. The highest BCUT2D eigenvalue weighted by Gasteiger charge is 2.38. The molecule has 1 aliphatic rings. The molecule has 182 valence electrons. The van der Waals surface area contributed by atoms with Crippen LogP contribution in [0.5, 0.6) is 0 Å². The van der Waals surface area contributed by atoms with E-state index in [0.717, 1.165) is 23.2 Å². The van der Waals surface area contributed by atoms with Gasteiger partial charge in [-0.25, -0.2) is 9.47 Å². The largest absolute Gasteiger partial charge is 0.465 e. The van der Waals surface area contributed by atoms with Crippen molar-refractivity contribution in [2.75, 3.05) is 17.9 Å². The number of aromatic nitrogens is 3. The number of anilines is 1. The highest BCUT2D eigenvalue weighted by atomic mass is 32.2. The number of nitrogens with one attached hydrogen (secondary N) is 2. The molecule has 1 amide bonds. The maximum atomic E-state index is 13.5. The number of nitrogens with zero attached hydrogens (tertiary/aromatic N) is 3. The molecule has 3 aromatic carbocycles. The van der Waals surface area contributed by atoms with Crippen molar-refractivity contribution < 1.29 is 14.3 Å². The zero-order valence-corrected chi connectivity index (χ0v) is 20.7. The number of carbonyl (C=O) groups excluding carboxylic acids is 2. The number of hydrogen-bond donors (Lipinski definition) is 2. The SMILES string of the molecule is CCc1ccc(NC(=O)C2Sc3nnc(-c4ccccc4)n3NC2c2ccc(C(=O)OC)cc2)cc1. The fourth-order valence-electron chi connectivity index (χ4n) is 4.06. The molecule has 9 heteroatoms. The molecule has 0 aliphatic carbocycles. The van der Waals surface area contributed by atoms with Crippen LogP contribution in [0.2, 0.25) is 0 Å². The number of aryl methyl sites for hydroxylation is 1. The second kappa shape index (κ2) is 10.2. The first-order chi connectivity index (χ1) is 17.6. The first-order valence-corrected chi connectivity index (χ1v) is 12.5. The van der Waals surface area contributed by atoms with Gasteiger partial charge in [0.05, 0.1) is 18.7 Å². The monoisotopic (exact) mass is 499 g/mol. The number of thioether (sulfide) groups is 1. The number of rotatable bonds is 6. The summed E-state index contributed by atoms with van der Waals surface area (Å²) in [5, 5.41) is 11.8. The molecule has 2 heterocycles. The summed E-state index contributed by atoms with van der Waals surface area (Å²) in [4.78, 5) is 25.4. The van der Waals surface area contributed by atoms with E-state index in [1.165, 1.54) is 24.4 Å². The molecule has 1 aromatic heterocycles. The van der Waals surface area contributed by atoms with E-state index in [1.807, 2.05) is 71.4 Å². The average Bonchev–Trinajstić information content (AvgIpc) is 3.36. The van der Waals surface area contributed by atoms with Gasteiger partial charge in [-0.05, 0) is 41.8 Å². The van der Waals surface area contributed by atoms with E-state index >= 15 is 0 Å². The summed E-state index contributed by atoms with van der Waals surface area (Å²) < 4.78 is 6.64. The molecule has 0 fully saturated rings. The summed E-state index contributed by atoms with van der Waals surface area (Å²) in [6.07, 6.45) is 0.930. The third-order valence-corrected chi connectivity index (χ3v) is 7.26. The van der Waals surface area contributed by atoms with E-state index in [2.05, 4.69) is 27.9 Å². The summed E-state index contributed by atoms with van der Waals surface area (Å²) >= 11 is 1.35. The molecule has 0 saturated heterocycles. The number of ether oxygens (including phenoxy) is 1. The van der Waals surface area contributed by atoms with Crippen molar-refractivity contribution in [1.29, 1.82) is 0 Å². The Balaban J connectivity index is 1.49. The number of fused-ring (bicyclic) bond motifs is 1. The van der Waals surface area contributed by atoms with Crippen LogP contribution in [0.1, 0.15) is 34.5 Å². The Labute approximate surface area is 213 Å². The van der Waals surface area contributed by atoms with Crippen LogP contribution in [0.4, 0.5) is 5.69 Å². The van der Waals surface area contributed by atoms with E-state index in [4.69, 9.17) is 4.74 Å². The minimum absolute atomic E-state index is 0.158. The molecule has 0 saturated carbocycles. The topological polar surface area (TPSA) is 98.1 Å². The van der Waals surface area contributed by atoms with Crippen molar-refractivity contribution in [3.8, 4) is 11.4 Å². The molecule has 5 rings (SSSR count). The van der Waals surface area contributed by atoms with Crippen molar-refractivity contribution in [3.05, 3.63) is 95.6 Å². The molecule has 2 unspecified atom stereocenters. The van der Waals surface area contributed by atoms with Gasteiger partial charge < -0.3 is 15.5 Å². The second-order valence-corrected chi connectivity index (χ2v) is 9.41. The lowest BCUT2D eigenvalue weighted by molar-refractivity contribution is -0.116. The number of methoxy groups -OCH3 is 1. The van der Waals surface area contributed by atoms with E-state index in [-0.39, 0.29) is 5.91 Å². The fraction of sp³-hybridized carbons (Fsp3) is 0.185. The molecule has 1 aliphatic heterocycles. The first-order valence-electron chi connectivity index (χ1n) is 11.6. The van der Waals surface area contributed by atoms with E-state index in [9.17, 15) is 9.59 Å². The van der Waals surface area contributed by atoms with Gasteiger partial charge in [0.25, 0.3) is 0 Å². The first kappa shape index (κ1) is 23.6. The summed E-state index contributed by atoms with van der Waals surface area (Å²) in [5.41, 5.74) is 7.57. The quantitative estimate of drug-likeness (QED) is 0.371. The predicted octanol–water partition coefficient (Wildman–Crippen LogP) is 4.69. The highest BCUT2D eigenvalue weighted by Crippen LogP contribution is 2.39. The number of esters is 1. The fourth-order valence-corrected chi connectivity index (χ4v) is 5.14. The minimum atomic E-state index is -0.542. The lowest BCUT2D eigenvalue weighted by atomic mass is 10.0. The van der Waals surface area contributed by atoms with Crippen LogP contribution in [-0.4, -0.2) is 39.1 Å². The molecular formula is C27H25N5O3S. The second-order valence-electron chi connectivity index (χ2n) is 8.31. The van der Waals surface area contributed by atoms with Crippen molar-refractivity contribution in [2.45, 2.75) is 29.8 Å². The molecule has 2 N–H and O–H groups in total. The van der Waals surface area contributed by atoms with Crippen molar-refractivity contribution in [3.63, 3.8) is 0 Å². The standard InChI is InChI=1S/C27H25N5O3S/c1-3-17-9-15-21(16-10-17)28-25(33)23-22(18-11-13-20(14-12-18)26(34)35-2)31-32-24(29-30-27(32)36-23)19-7-5-4-6-8-19/h4-16,22-23,31H,3H2,1-2H3,(H,28,33). The Bertz CT molecular complexity index is 1370. The maximum absolute atomic E-state index is 13.5. The number of amides is 1. The van der Waals surface area contributed by atoms with Crippen LogP contribution in [0.3, 0.4) is 0 Å². The molecular weight excluding hydrogens is 474 g/mol. The lowest BCUT2D eigenvalue weighted by Crippen LogP contribution is -2.41. The molecule has 36 heavy (non-hydrogen) atoms. The predicted molar refractivity (Wildman–Crippen MR) is 139 cm³/mol. The number of benzene rings is 3. The minimum Gasteiger partial charge on any atom is -0.465 e. The molecule has 2 atom stereocenters. The van der Waals surface area contributed by atoms with Crippen molar-refractivity contribution in [1.82, 2.24) is 14.9 Å². The zero-order chi connectivity index (χ0) is 25.1. The van der Waals surface area contributed by atoms with Gasteiger partial charge in [0.15, 0.2) is 5.82 Å². The van der Waals surface area contributed by atoms with Crippen LogP contribution in [0.15, 0.2) is 84.0 Å². The number of hydrogen-bond acceptors (Lipinski definition) is 7. The summed E-state index contributed by atoms with van der Waals surface area (Å²) in [6.45, 7) is 2.09. The van der Waals surface area contributed by atoms with E-state index in [1.54, 1.807) is 12.1 Å². The summed E-state index contributed by atoms with van der Waals surface area (Å²) in [7, 11) is 1.35. The van der Waals surface area contributed by atoms with Gasteiger partial charge in [-0.15, -0.1) is 10.2 Å². The van der Waals surface area contributed by atoms with Crippen molar-refractivity contribution >= 4 is 29.3 Å². The van der Waals surface area contributed by atoms with Gasteiger partial charge in [0.2, 0.25) is 11.1 Å². The van der Waals surface area contributed by atoms with E-state index in [0.29, 0.717) is 16.5 Å². The van der Waals surface area contributed by atoms with Gasteiger partial charge in [0.1, 0.15) is 5.25 Å². The Kier molecular flexibility index (Phi) is 6.73. The highest BCUT2D eigenvalue weighted by molar-refractivity contribution is 8.00. The van der Waals surface area contributed by atoms with Gasteiger partial charge in [-0.3, -0.25) is 4.79 Å². The molecule has 0 bridgehead atoms. The van der Waals surface area contributed by atoms with Gasteiger partial charge in [0, 0.05) is 11.3 Å². The normalized spacial score (nSPS) is 16.5. The number of carbonyl (C=O) groups is 2. The van der Waals surface area contributed by atoms with Gasteiger partial charge in [-0.1, -0.05) is 73.3 Å². The Morgan fingerprint density at radius 1 is 1.00 bits per heavy atom. The van der Waals surface area contributed by atoms with Crippen LogP contribution >= 0.6 is 11.8 Å². The summed E-state index contributed by atoms with van der Waals surface area (Å²) in [6, 6.07) is 24.2. The third-order valence-electron chi connectivity index (χ3n) is 6.05. The van der Waals surface area contributed by atoms with Gasteiger partial charge >= 0.3 is 5.97 Å². The molecule has 4 aromatic rings. The van der Waals surface area contributed by atoms with Crippen LogP contribution in [0.25, 0.3) is 11.4 Å².